The summed E-state index contributed by atoms with van der Waals surface area (Å²) in [6.07, 6.45) is 10.5. The fourth-order valence-electron chi connectivity index (χ4n) is 8.86. The van der Waals surface area contributed by atoms with Crippen LogP contribution < -0.4 is 9.47 Å². The molecule has 7 unspecified atom stereocenters. The third-order valence-corrected chi connectivity index (χ3v) is 11.4. The van der Waals surface area contributed by atoms with Crippen molar-refractivity contribution in [2.24, 2.45) is 22.9 Å². The molecule has 2 aromatic carbocycles. The molecule has 1 saturated heterocycles. The maximum atomic E-state index is 14.6. The fraction of sp³-hybridized carbons (Fsp3) is 0.581. The normalized spacial score (nSPS) is 27.6. The Morgan fingerprint density at radius 2 is 1.91 bits per heavy atom. The molecule has 12 heteroatoms. The van der Waals surface area contributed by atoms with Crippen LogP contribution in [-0.2, 0) is 25.7 Å². The monoisotopic (exact) mass is 764 g/mol. The highest BCUT2D eigenvalue weighted by Gasteiger charge is 2.65. The number of carbonyl (C=O) groups is 1. The summed E-state index contributed by atoms with van der Waals surface area (Å²) in [5.41, 5.74) is 2.97. The topological polar surface area (TPSA) is 129 Å². The molecule has 2 N–H and O–H groups in total. The van der Waals surface area contributed by atoms with E-state index in [0.29, 0.717) is 42.2 Å². The highest BCUT2D eigenvalue weighted by atomic mass is 19.1. The van der Waals surface area contributed by atoms with Crippen LogP contribution in [0.3, 0.4) is 0 Å². The minimum absolute atomic E-state index is 0.0469. The number of aliphatic hydroxyl groups excluding tert-OH is 2. The first-order valence-electron chi connectivity index (χ1n) is 20.0. The third-order valence-electron chi connectivity index (χ3n) is 11.4. The van der Waals surface area contributed by atoms with Gasteiger partial charge in [-0.2, -0.15) is 0 Å². The Balaban J connectivity index is 1.53. The predicted molar refractivity (Wildman–Crippen MR) is 205 cm³/mol. The van der Waals surface area contributed by atoms with Crippen molar-refractivity contribution >= 4 is 11.8 Å². The van der Waals surface area contributed by atoms with Crippen LogP contribution >= 0.6 is 0 Å². The Morgan fingerprint density at radius 3 is 2.64 bits per heavy atom. The van der Waals surface area contributed by atoms with E-state index in [1.807, 2.05) is 18.2 Å². The van der Waals surface area contributed by atoms with Crippen molar-refractivity contribution in [1.82, 2.24) is 4.90 Å². The van der Waals surface area contributed by atoms with Gasteiger partial charge in [-0.15, -0.1) is 6.58 Å². The standard InChI is InChI=1S/C43H57FN2O9/c1-4-23-53-43-38(46(3)42(49)50-5-2)27-36(45-55-39-18-10-13-24-51-39)33-25-29(14-8-11-21-47)32(16-9-12-22-48)40(41(33)43)34-26-31(19-20-37(34)54-43)52-28-30-15-6-7-17-35(30)44/h4,6-7,15,17,19-20,25-26,29,32,38-41,47-48H,1,5,8-14,16,18,21-24,27-28H2,2-3H3. The summed E-state index contributed by atoms with van der Waals surface area (Å²) in [6.45, 7) is 6.91. The van der Waals surface area contributed by atoms with E-state index in [4.69, 9.17) is 33.7 Å². The van der Waals surface area contributed by atoms with Crippen molar-refractivity contribution < 1.29 is 47.9 Å². The van der Waals surface area contributed by atoms with Gasteiger partial charge in [-0.25, -0.2) is 9.18 Å². The summed E-state index contributed by atoms with van der Waals surface area (Å²) in [5, 5.41) is 24.5. The summed E-state index contributed by atoms with van der Waals surface area (Å²) in [4.78, 5) is 21.3. The fourth-order valence-corrected chi connectivity index (χ4v) is 8.86. The Kier molecular flexibility index (Phi) is 14.2. The second-order valence-corrected chi connectivity index (χ2v) is 14.9. The van der Waals surface area contributed by atoms with Gasteiger partial charge in [-0.3, -0.25) is 0 Å². The number of unbranched alkanes of at least 4 members (excludes halogenated alkanes) is 2. The van der Waals surface area contributed by atoms with Crippen LogP contribution in [0.1, 0.15) is 88.2 Å². The number of hydrogen-bond donors (Lipinski definition) is 2. The van der Waals surface area contributed by atoms with E-state index in [9.17, 15) is 19.4 Å². The molecular formula is C43H57FN2O9. The molecule has 4 aliphatic rings. The van der Waals surface area contributed by atoms with Crippen LogP contribution in [0.4, 0.5) is 9.18 Å². The van der Waals surface area contributed by atoms with Gasteiger partial charge in [-0.1, -0.05) is 48.3 Å². The molecule has 0 radical (unpaired) electrons. The zero-order valence-corrected chi connectivity index (χ0v) is 32.2. The number of rotatable bonds is 18. The van der Waals surface area contributed by atoms with Crippen LogP contribution in [0.15, 0.2) is 71.9 Å². The second kappa shape index (κ2) is 19.3. The number of oxime groups is 1. The lowest BCUT2D eigenvalue weighted by molar-refractivity contribution is -0.254. The smallest absolute Gasteiger partial charge is 0.409 e. The van der Waals surface area contributed by atoms with Crippen molar-refractivity contribution in [3.63, 3.8) is 0 Å². The van der Waals surface area contributed by atoms with Crippen LogP contribution in [-0.4, -0.2) is 85.1 Å². The van der Waals surface area contributed by atoms with Crippen LogP contribution in [0, 0.1) is 23.6 Å². The maximum Gasteiger partial charge on any atom is 0.409 e. The molecular weight excluding hydrogens is 707 g/mol. The number of likely N-dealkylation sites (N-methyl/N-ethyl adjacent to an activating group) is 1. The van der Waals surface area contributed by atoms with E-state index < -0.39 is 30.1 Å². The van der Waals surface area contributed by atoms with E-state index in [1.54, 1.807) is 43.1 Å². The second-order valence-electron chi connectivity index (χ2n) is 14.9. The lowest BCUT2D eigenvalue weighted by Gasteiger charge is -2.59. The zero-order valence-electron chi connectivity index (χ0n) is 32.2. The predicted octanol–water partition coefficient (Wildman–Crippen LogP) is 7.65. The Labute approximate surface area is 324 Å². The summed E-state index contributed by atoms with van der Waals surface area (Å²) >= 11 is 0. The van der Waals surface area contributed by atoms with Gasteiger partial charge in [0.05, 0.1) is 31.5 Å². The van der Waals surface area contributed by atoms with Crippen molar-refractivity contribution in [2.45, 2.75) is 102 Å². The Morgan fingerprint density at radius 1 is 1.11 bits per heavy atom. The lowest BCUT2D eigenvalue weighted by Crippen LogP contribution is -2.69. The summed E-state index contributed by atoms with van der Waals surface area (Å²) < 4.78 is 46.3. The van der Waals surface area contributed by atoms with E-state index >= 15 is 0 Å². The number of hydrogen-bond acceptors (Lipinski definition) is 10. The molecule has 55 heavy (non-hydrogen) atoms. The average molecular weight is 765 g/mol. The molecule has 2 aromatic rings. The van der Waals surface area contributed by atoms with Gasteiger partial charge >= 0.3 is 6.09 Å². The van der Waals surface area contributed by atoms with Gasteiger partial charge in [0.15, 0.2) is 0 Å². The first kappa shape index (κ1) is 40.7. The number of amides is 1. The Bertz CT molecular complexity index is 1660. The maximum absolute atomic E-state index is 14.6. The molecule has 0 bridgehead atoms. The molecule has 0 aromatic heterocycles. The highest BCUT2D eigenvalue weighted by Crippen LogP contribution is 2.61. The molecule has 2 aliphatic heterocycles. The van der Waals surface area contributed by atoms with E-state index in [-0.39, 0.29) is 63.0 Å². The van der Waals surface area contributed by atoms with E-state index in [2.05, 4.69) is 12.7 Å². The van der Waals surface area contributed by atoms with Gasteiger partial charge in [-0.05, 0) is 87.1 Å². The Hall–Kier alpha value is -3.97. The van der Waals surface area contributed by atoms with Crippen molar-refractivity contribution in [3.8, 4) is 11.5 Å². The molecule has 300 valence electrons. The molecule has 2 fully saturated rings. The number of fused-ring (bicyclic) bond motifs is 2. The number of nitrogens with zero attached hydrogens (tertiary/aromatic N) is 2. The van der Waals surface area contributed by atoms with E-state index in [0.717, 1.165) is 56.1 Å². The summed E-state index contributed by atoms with van der Waals surface area (Å²) in [7, 11) is 1.70. The molecule has 1 saturated carbocycles. The number of benzene rings is 2. The van der Waals surface area contributed by atoms with E-state index in [1.165, 1.54) is 6.07 Å². The van der Waals surface area contributed by atoms with Crippen LogP contribution in [0.5, 0.6) is 11.5 Å². The lowest BCUT2D eigenvalue weighted by atomic mass is 9.55. The summed E-state index contributed by atoms with van der Waals surface area (Å²) in [6, 6.07) is 11.6. The SMILES string of the molecule is C=CCOC12Oc3ccc(OCc4ccccc4F)cc3C3C(CCCCO)C(CCCCO)C=C(C(=NOC4CCCCO4)CC1N(C)C(=O)OCC)C32. The first-order valence-corrected chi connectivity index (χ1v) is 20.0. The minimum Gasteiger partial charge on any atom is -0.489 e. The molecule has 0 spiro atoms. The number of halogens is 1. The first-order chi connectivity index (χ1) is 26.8. The van der Waals surface area contributed by atoms with Crippen LogP contribution in [0.2, 0.25) is 0 Å². The zero-order chi connectivity index (χ0) is 38.8. The van der Waals surface area contributed by atoms with Crippen molar-refractivity contribution in [3.05, 3.63) is 83.7 Å². The quantitative estimate of drug-likeness (QED) is 0.0894. The molecule has 2 aliphatic carbocycles. The number of allylic oxidation sites excluding steroid dienone is 1. The van der Waals surface area contributed by atoms with Crippen LogP contribution in [0.25, 0.3) is 0 Å². The number of aliphatic hydroxyl groups is 2. The largest absolute Gasteiger partial charge is 0.489 e. The van der Waals surface area contributed by atoms with Gasteiger partial charge in [0, 0.05) is 50.1 Å². The number of ether oxygens (including phenoxy) is 5. The van der Waals surface area contributed by atoms with Crippen molar-refractivity contribution in [2.75, 3.05) is 40.1 Å². The van der Waals surface area contributed by atoms with Gasteiger partial charge in [0.25, 0.3) is 0 Å². The van der Waals surface area contributed by atoms with Gasteiger partial charge in [0.1, 0.15) is 30.0 Å². The van der Waals surface area contributed by atoms with Gasteiger partial charge < -0.3 is 43.6 Å². The third kappa shape index (κ3) is 9.03. The molecule has 1 amide bonds. The average Bonchev–Trinajstić information content (AvgIpc) is 3.20. The van der Waals surface area contributed by atoms with Gasteiger partial charge in [0.2, 0.25) is 12.1 Å². The molecule has 2 heterocycles. The highest BCUT2D eigenvalue weighted by molar-refractivity contribution is 6.02. The van der Waals surface area contributed by atoms with Crippen molar-refractivity contribution in [1.29, 1.82) is 0 Å². The minimum atomic E-state index is -1.39. The summed E-state index contributed by atoms with van der Waals surface area (Å²) in [5.74, 6) is -1.14. The molecule has 11 nitrogen and oxygen atoms in total. The molecule has 7 atom stereocenters. The molecule has 6 rings (SSSR count). The number of carbonyl (C=O) groups excluding carboxylic acids is 1.